The highest BCUT2D eigenvalue weighted by Crippen LogP contribution is 2.41. The first-order valence-corrected chi connectivity index (χ1v) is 7.24. The Bertz CT molecular complexity index is 602. The van der Waals surface area contributed by atoms with Crippen molar-refractivity contribution in [3.8, 4) is 5.75 Å². The predicted octanol–water partition coefficient (Wildman–Crippen LogP) is 4.49. The van der Waals surface area contributed by atoms with Crippen molar-refractivity contribution < 1.29 is 4.74 Å². The third-order valence-electron chi connectivity index (χ3n) is 3.98. The van der Waals surface area contributed by atoms with E-state index in [0.29, 0.717) is 0 Å². The summed E-state index contributed by atoms with van der Waals surface area (Å²) in [5, 5.41) is 3.55. The van der Waals surface area contributed by atoms with E-state index in [2.05, 4.69) is 48.6 Å². The van der Waals surface area contributed by atoms with Crippen molar-refractivity contribution in [2.75, 3.05) is 12.4 Å². The van der Waals surface area contributed by atoms with Gasteiger partial charge in [-0.1, -0.05) is 24.3 Å². The molecule has 2 aromatic rings. The largest absolute Gasteiger partial charge is 0.497 e. The molecule has 0 heterocycles. The van der Waals surface area contributed by atoms with Crippen molar-refractivity contribution in [3.63, 3.8) is 0 Å². The summed E-state index contributed by atoms with van der Waals surface area (Å²) in [4.78, 5) is 0. The number of hydrogen-bond donors (Lipinski definition) is 1. The minimum absolute atomic E-state index is 0.796. The van der Waals surface area contributed by atoms with E-state index in [1.165, 1.54) is 35.2 Å². The van der Waals surface area contributed by atoms with Gasteiger partial charge in [0.2, 0.25) is 0 Å². The minimum atomic E-state index is 0.796. The van der Waals surface area contributed by atoms with E-state index in [9.17, 15) is 0 Å². The second-order valence-electron chi connectivity index (χ2n) is 5.51. The van der Waals surface area contributed by atoms with Gasteiger partial charge in [0.15, 0.2) is 0 Å². The molecule has 0 saturated heterocycles. The molecule has 0 radical (unpaired) electrons. The number of anilines is 1. The monoisotopic (exact) mass is 267 g/mol. The van der Waals surface area contributed by atoms with Crippen molar-refractivity contribution in [3.05, 3.63) is 59.2 Å². The molecular weight excluding hydrogens is 246 g/mol. The van der Waals surface area contributed by atoms with Gasteiger partial charge in [-0.3, -0.25) is 0 Å². The molecule has 1 N–H and O–H groups in total. The highest BCUT2D eigenvalue weighted by Gasteiger charge is 2.25. The van der Waals surface area contributed by atoms with Gasteiger partial charge < -0.3 is 10.1 Å². The van der Waals surface area contributed by atoms with Crippen LogP contribution >= 0.6 is 0 Å². The van der Waals surface area contributed by atoms with Crippen LogP contribution in [0.5, 0.6) is 5.75 Å². The molecule has 0 atom stereocenters. The summed E-state index contributed by atoms with van der Waals surface area (Å²) in [6.07, 6.45) is 2.69. The summed E-state index contributed by atoms with van der Waals surface area (Å²) in [7, 11) is 1.70. The maximum atomic E-state index is 5.24. The fourth-order valence-electron chi connectivity index (χ4n) is 2.64. The summed E-state index contributed by atoms with van der Waals surface area (Å²) >= 11 is 0. The molecule has 2 nitrogen and oxygen atoms in total. The summed E-state index contributed by atoms with van der Waals surface area (Å²) in [6.45, 7) is 3.00. The zero-order valence-corrected chi connectivity index (χ0v) is 12.1. The topological polar surface area (TPSA) is 21.3 Å². The van der Waals surface area contributed by atoms with E-state index in [0.717, 1.165) is 18.2 Å². The number of ether oxygens (including phenoxy) is 1. The maximum Gasteiger partial charge on any atom is 0.119 e. The molecule has 1 fully saturated rings. The van der Waals surface area contributed by atoms with Gasteiger partial charge in [-0.25, -0.2) is 0 Å². The third-order valence-corrected chi connectivity index (χ3v) is 3.98. The zero-order chi connectivity index (χ0) is 13.9. The van der Waals surface area contributed by atoms with Gasteiger partial charge in [0.25, 0.3) is 0 Å². The van der Waals surface area contributed by atoms with E-state index in [-0.39, 0.29) is 0 Å². The van der Waals surface area contributed by atoms with E-state index in [4.69, 9.17) is 4.74 Å². The standard InChI is InChI=1S/C18H21NO/c1-13-11-16(20-2)9-10-18(13)19-12-15-5-3-4-6-17(15)14-7-8-14/h3-6,9-11,14,19H,7-8,12H2,1-2H3. The normalized spacial score (nSPS) is 14.1. The molecule has 0 unspecified atom stereocenters. The van der Waals surface area contributed by atoms with E-state index >= 15 is 0 Å². The predicted molar refractivity (Wildman–Crippen MR) is 83.5 cm³/mol. The van der Waals surface area contributed by atoms with E-state index < -0.39 is 0 Å². The number of aryl methyl sites for hydroxylation is 1. The molecule has 2 heteroatoms. The summed E-state index contributed by atoms with van der Waals surface area (Å²) in [6, 6.07) is 14.9. The quantitative estimate of drug-likeness (QED) is 0.861. The Balaban J connectivity index is 1.73. The van der Waals surface area contributed by atoms with Gasteiger partial charge in [-0.2, -0.15) is 0 Å². The van der Waals surface area contributed by atoms with Crippen LogP contribution in [0.4, 0.5) is 5.69 Å². The molecule has 0 bridgehead atoms. The fraction of sp³-hybridized carbons (Fsp3) is 0.333. The zero-order valence-electron chi connectivity index (χ0n) is 12.1. The Morgan fingerprint density at radius 2 is 1.95 bits per heavy atom. The first kappa shape index (κ1) is 13.0. The molecule has 0 amide bonds. The molecule has 1 aliphatic carbocycles. The fourth-order valence-corrected chi connectivity index (χ4v) is 2.64. The molecule has 2 aromatic carbocycles. The highest BCUT2D eigenvalue weighted by molar-refractivity contribution is 5.54. The lowest BCUT2D eigenvalue weighted by atomic mass is 10.0. The lowest BCUT2D eigenvalue weighted by Crippen LogP contribution is -2.03. The highest BCUT2D eigenvalue weighted by atomic mass is 16.5. The lowest BCUT2D eigenvalue weighted by molar-refractivity contribution is 0.414. The Morgan fingerprint density at radius 3 is 2.65 bits per heavy atom. The number of rotatable bonds is 5. The van der Waals surface area contributed by atoms with Gasteiger partial charge in [-0.15, -0.1) is 0 Å². The first-order chi connectivity index (χ1) is 9.78. The number of hydrogen-bond acceptors (Lipinski definition) is 2. The van der Waals surface area contributed by atoms with Crippen LogP contribution in [0.3, 0.4) is 0 Å². The molecule has 1 aliphatic rings. The van der Waals surface area contributed by atoms with Crippen LogP contribution in [-0.2, 0) is 6.54 Å². The van der Waals surface area contributed by atoms with Crippen molar-refractivity contribution in [2.45, 2.75) is 32.2 Å². The average Bonchev–Trinajstić information content (AvgIpc) is 3.31. The average molecular weight is 267 g/mol. The van der Waals surface area contributed by atoms with Crippen LogP contribution in [0, 0.1) is 6.92 Å². The van der Waals surface area contributed by atoms with Gasteiger partial charge >= 0.3 is 0 Å². The van der Waals surface area contributed by atoms with Crippen LogP contribution in [0.2, 0.25) is 0 Å². The van der Waals surface area contributed by atoms with Gasteiger partial charge in [0.05, 0.1) is 7.11 Å². The van der Waals surface area contributed by atoms with Crippen molar-refractivity contribution in [2.24, 2.45) is 0 Å². The Kier molecular flexibility index (Phi) is 3.64. The van der Waals surface area contributed by atoms with Crippen molar-refractivity contribution in [1.29, 1.82) is 0 Å². The second kappa shape index (κ2) is 5.58. The SMILES string of the molecule is COc1ccc(NCc2ccccc2C2CC2)c(C)c1. The third kappa shape index (κ3) is 2.79. The second-order valence-corrected chi connectivity index (χ2v) is 5.51. The summed E-state index contributed by atoms with van der Waals surface area (Å²) in [5.41, 5.74) is 5.33. The summed E-state index contributed by atoms with van der Waals surface area (Å²) in [5.74, 6) is 1.70. The Morgan fingerprint density at radius 1 is 1.15 bits per heavy atom. The summed E-state index contributed by atoms with van der Waals surface area (Å²) < 4.78 is 5.24. The first-order valence-electron chi connectivity index (χ1n) is 7.24. The van der Waals surface area contributed by atoms with Crippen molar-refractivity contribution >= 4 is 5.69 Å². The number of nitrogens with one attached hydrogen (secondary N) is 1. The van der Waals surface area contributed by atoms with E-state index in [1.807, 2.05) is 6.07 Å². The lowest BCUT2D eigenvalue weighted by Gasteiger charge is -2.13. The van der Waals surface area contributed by atoms with E-state index in [1.54, 1.807) is 7.11 Å². The van der Waals surface area contributed by atoms with Gasteiger partial charge in [0.1, 0.15) is 5.75 Å². The molecule has 1 saturated carbocycles. The Hall–Kier alpha value is -1.96. The van der Waals surface area contributed by atoms with Gasteiger partial charge in [-0.05, 0) is 60.6 Å². The smallest absolute Gasteiger partial charge is 0.119 e. The van der Waals surface area contributed by atoms with Crippen LogP contribution in [0.25, 0.3) is 0 Å². The number of benzene rings is 2. The van der Waals surface area contributed by atoms with Crippen LogP contribution < -0.4 is 10.1 Å². The molecule has 0 spiro atoms. The molecule has 3 rings (SSSR count). The maximum absolute atomic E-state index is 5.24. The molecule has 0 aromatic heterocycles. The molecule has 104 valence electrons. The molecule has 0 aliphatic heterocycles. The van der Waals surface area contributed by atoms with Crippen molar-refractivity contribution in [1.82, 2.24) is 0 Å². The minimum Gasteiger partial charge on any atom is -0.497 e. The molecule has 20 heavy (non-hydrogen) atoms. The van der Waals surface area contributed by atoms with Gasteiger partial charge in [0, 0.05) is 12.2 Å². The number of methoxy groups -OCH3 is 1. The van der Waals surface area contributed by atoms with Crippen LogP contribution in [0.15, 0.2) is 42.5 Å². The van der Waals surface area contributed by atoms with Crippen LogP contribution in [-0.4, -0.2) is 7.11 Å². The van der Waals surface area contributed by atoms with Crippen LogP contribution in [0.1, 0.15) is 35.4 Å². The Labute approximate surface area is 120 Å². The molecular formula is C18H21NO.